The van der Waals surface area contributed by atoms with Crippen molar-refractivity contribution in [2.45, 2.75) is 78.6 Å². The molecule has 0 aliphatic rings. The maximum atomic E-state index is 8.49. The van der Waals surface area contributed by atoms with Gasteiger partial charge in [0.15, 0.2) is 0 Å². The number of hydrogen-bond donors (Lipinski definition) is 0. The molecule has 0 unspecified atom stereocenters. The number of rotatable bonds is 3. The van der Waals surface area contributed by atoms with E-state index in [9.17, 15) is 0 Å². The summed E-state index contributed by atoms with van der Waals surface area (Å²) in [5, 5.41) is 0. The van der Waals surface area contributed by atoms with Crippen molar-refractivity contribution in [3.63, 3.8) is 0 Å². The molecule has 0 radical (unpaired) electrons. The van der Waals surface area contributed by atoms with E-state index in [0.717, 1.165) is 28.3 Å². The zero-order valence-electron chi connectivity index (χ0n) is 30.0. The minimum Gasteiger partial charge on any atom is -0.366 e. The van der Waals surface area contributed by atoms with Crippen molar-refractivity contribution >= 4 is 0 Å². The SMILES string of the molecule is CC(C)(C)c1ccnc(-c2cc(C(C)(C)C)cc(-c3cc(C(C)(C)C)ccn3)n2)c1.[C-]#Cc1ccc(-c2ccccc2)cc1.[O-][Cl+3]([O-])([O-])[O-].[Pt+2]. The average molecular weight is 873 g/mol. The zero-order chi connectivity index (χ0) is 36.6. The molecule has 0 spiro atoms. The van der Waals surface area contributed by atoms with Gasteiger partial charge in [-0.25, -0.2) is 23.6 Å². The van der Waals surface area contributed by atoms with Crippen molar-refractivity contribution in [2.75, 3.05) is 0 Å². The molecule has 0 saturated carbocycles. The van der Waals surface area contributed by atoms with Crippen LogP contribution in [0.25, 0.3) is 33.9 Å². The molecular formula is C41H44ClN3O4Pt. The maximum absolute atomic E-state index is 8.49. The first-order valence-electron chi connectivity index (χ1n) is 15.8. The van der Waals surface area contributed by atoms with Crippen LogP contribution in [-0.2, 0) is 37.3 Å². The molecule has 9 heteroatoms. The van der Waals surface area contributed by atoms with Gasteiger partial charge in [0, 0.05) is 12.4 Å². The molecular weight excluding hydrogens is 829 g/mol. The summed E-state index contributed by atoms with van der Waals surface area (Å²) in [7, 11) is -4.94. The Balaban J connectivity index is 0.000000358. The summed E-state index contributed by atoms with van der Waals surface area (Å²) in [6, 6.07) is 30.8. The Morgan fingerprint density at radius 2 is 0.880 bits per heavy atom. The van der Waals surface area contributed by atoms with Gasteiger partial charge in [0.2, 0.25) is 0 Å². The largest absolute Gasteiger partial charge is 2.00 e. The van der Waals surface area contributed by atoms with Gasteiger partial charge in [-0.1, -0.05) is 105 Å². The first-order chi connectivity index (χ1) is 22.6. The van der Waals surface area contributed by atoms with Crippen molar-refractivity contribution < 1.29 is 49.9 Å². The topological polar surface area (TPSA) is 131 Å². The number of halogens is 1. The summed E-state index contributed by atoms with van der Waals surface area (Å²) in [6.07, 6.45) is 10.7. The third-order valence-electron chi connectivity index (χ3n) is 7.60. The predicted molar refractivity (Wildman–Crippen MR) is 185 cm³/mol. The fourth-order valence-electron chi connectivity index (χ4n) is 4.68. The van der Waals surface area contributed by atoms with Crippen LogP contribution in [0.2, 0.25) is 0 Å². The van der Waals surface area contributed by atoms with Gasteiger partial charge in [0.1, 0.15) is 0 Å². The van der Waals surface area contributed by atoms with Gasteiger partial charge in [-0.2, -0.15) is 0 Å². The monoisotopic (exact) mass is 872 g/mol. The van der Waals surface area contributed by atoms with Gasteiger partial charge in [0.25, 0.3) is 0 Å². The maximum Gasteiger partial charge on any atom is 2.00 e. The first kappa shape index (κ1) is 42.4. The summed E-state index contributed by atoms with van der Waals surface area (Å²) >= 11 is 0. The van der Waals surface area contributed by atoms with E-state index in [-0.39, 0.29) is 37.3 Å². The minimum atomic E-state index is -4.94. The number of aromatic nitrogens is 3. The summed E-state index contributed by atoms with van der Waals surface area (Å²) < 4.78 is 34.0. The fourth-order valence-corrected chi connectivity index (χ4v) is 4.68. The summed E-state index contributed by atoms with van der Waals surface area (Å²) in [5.74, 6) is 2.36. The molecule has 5 rings (SSSR count). The van der Waals surface area contributed by atoms with E-state index in [2.05, 4.69) is 127 Å². The quantitative estimate of drug-likeness (QED) is 0.170. The second-order valence-corrected chi connectivity index (χ2v) is 15.4. The predicted octanol–water partition coefficient (Wildman–Crippen LogP) is 5.63. The van der Waals surface area contributed by atoms with E-state index >= 15 is 0 Å². The molecule has 7 nitrogen and oxygen atoms in total. The van der Waals surface area contributed by atoms with E-state index in [4.69, 9.17) is 30.0 Å². The molecule has 0 aliphatic heterocycles. The third-order valence-corrected chi connectivity index (χ3v) is 7.60. The van der Waals surface area contributed by atoms with E-state index in [1.54, 1.807) is 0 Å². The van der Waals surface area contributed by atoms with E-state index in [1.165, 1.54) is 27.8 Å². The Kier molecular flexibility index (Phi) is 14.8. The number of benzene rings is 2. The molecule has 264 valence electrons. The Labute approximate surface area is 313 Å². The second-order valence-electron chi connectivity index (χ2n) is 14.7. The van der Waals surface area contributed by atoms with Crippen molar-refractivity contribution in [3.05, 3.63) is 132 Å². The Hall–Kier alpha value is -3.73. The van der Waals surface area contributed by atoms with Gasteiger partial charge in [-0.15, -0.1) is 27.9 Å². The van der Waals surface area contributed by atoms with E-state index in [1.807, 2.05) is 54.9 Å². The Morgan fingerprint density at radius 1 is 0.520 bits per heavy atom. The molecule has 0 amide bonds. The Bertz CT molecular complexity index is 1780. The van der Waals surface area contributed by atoms with Gasteiger partial charge in [-0.05, 0) is 80.5 Å². The summed E-state index contributed by atoms with van der Waals surface area (Å²) in [4.78, 5) is 14.3. The van der Waals surface area contributed by atoms with Crippen LogP contribution in [0.3, 0.4) is 0 Å². The van der Waals surface area contributed by atoms with Crippen LogP contribution in [0.1, 0.15) is 84.6 Å². The average Bonchev–Trinajstić information content (AvgIpc) is 3.03. The van der Waals surface area contributed by atoms with Crippen molar-refractivity contribution in [2.24, 2.45) is 0 Å². The molecule has 0 aliphatic carbocycles. The molecule has 0 saturated heterocycles. The van der Waals surface area contributed by atoms with Crippen LogP contribution >= 0.6 is 0 Å². The van der Waals surface area contributed by atoms with Crippen molar-refractivity contribution in [3.8, 4) is 39.8 Å². The summed E-state index contributed by atoms with van der Waals surface area (Å²) in [5.41, 5.74) is 10.6. The van der Waals surface area contributed by atoms with Crippen LogP contribution in [0, 0.1) is 22.6 Å². The second kappa shape index (κ2) is 17.5. The normalized spacial score (nSPS) is 11.5. The van der Waals surface area contributed by atoms with Crippen LogP contribution < -0.4 is 18.6 Å². The number of hydrogen-bond acceptors (Lipinski definition) is 7. The zero-order valence-corrected chi connectivity index (χ0v) is 33.0. The number of pyridine rings is 3. The van der Waals surface area contributed by atoms with Crippen molar-refractivity contribution in [1.29, 1.82) is 0 Å². The van der Waals surface area contributed by atoms with Crippen LogP contribution in [0.4, 0.5) is 0 Å². The van der Waals surface area contributed by atoms with Crippen LogP contribution in [0.15, 0.2) is 103 Å². The summed E-state index contributed by atoms with van der Waals surface area (Å²) in [6.45, 7) is 20.0. The molecule has 0 bridgehead atoms. The fraction of sp³-hybridized carbons (Fsp3) is 0.293. The third kappa shape index (κ3) is 13.5. The van der Waals surface area contributed by atoms with E-state index in [0.29, 0.717) is 0 Å². The molecule has 3 heterocycles. The first-order valence-corrected chi connectivity index (χ1v) is 17.0. The van der Waals surface area contributed by atoms with Crippen molar-refractivity contribution in [1.82, 2.24) is 15.0 Å². The molecule has 2 aromatic carbocycles. The molecule has 3 aromatic heterocycles. The molecule has 5 aromatic rings. The number of nitrogens with zero attached hydrogens (tertiary/aromatic N) is 3. The smallest absolute Gasteiger partial charge is 0.366 e. The Morgan fingerprint density at radius 3 is 1.24 bits per heavy atom. The van der Waals surface area contributed by atoms with Gasteiger partial charge < -0.3 is 6.42 Å². The van der Waals surface area contributed by atoms with Gasteiger partial charge >= 0.3 is 21.1 Å². The molecule has 0 atom stereocenters. The molecule has 0 fully saturated rings. The standard InChI is InChI=1S/C27H35N3.C14H9.ClHO4.Pt/c1-25(2,3)18-10-12-28-21(14-18)23-16-20(27(7,8)9)17-24(30-23)22-15-19(11-13-29-22)26(4,5)6;1-2-12-8-10-14(11-9-12)13-6-4-3-5-7-13;2-1(3,4)5;/h10-17H,1-9H3;3-11H;(H,2,3,4,5);/q;-1;;+2/p-1. The molecule has 50 heavy (non-hydrogen) atoms. The van der Waals surface area contributed by atoms with Crippen LogP contribution in [0.5, 0.6) is 0 Å². The minimum absolute atomic E-state index is 0. The molecule has 0 N–H and O–H groups in total. The van der Waals surface area contributed by atoms with Crippen LogP contribution in [-0.4, -0.2) is 15.0 Å². The van der Waals surface area contributed by atoms with Gasteiger partial charge in [0.05, 0.1) is 22.8 Å². The van der Waals surface area contributed by atoms with E-state index < -0.39 is 10.2 Å². The van der Waals surface area contributed by atoms with Gasteiger partial charge in [-0.3, -0.25) is 15.9 Å².